The van der Waals surface area contributed by atoms with E-state index < -0.39 is 0 Å². The van der Waals surface area contributed by atoms with Crippen LogP contribution in [0.3, 0.4) is 0 Å². The molecule has 2 aromatic carbocycles. The molecule has 0 aliphatic heterocycles. The Hall–Kier alpha value is -1.38. The van der Waals surface area contributed by atoms with Gasteiger partial charge in [-0.3, -0.25) is 0 Å². The maximum absolute atomic E-state index is 6.00. The Morgan fingerprint density at radius 1 is 1.06 bits per heavy atom. The predicted octanol–water partition coefficient (Wildman–Crippen LogP) is 3.89. The maximum atomic E-state index is 6.00. The number of nitrogens with zero attached hydrogens (tertiary/aromatic N) is 1. The Bertz CT molecular complexity index is 660. The standard InChI is InChI=1S/C14H11ClNS/c15-12-5-3-4-11(8-12)9-16-10-17-14-7-2-1-6-13(14)16/h1-8,10H,9H2/q+1. The summed E-state index contributed by atoms with van der Waals surface area (Å²) < 4.78 is 3.57. The predicted molar refractivity (Wildman–Crippen MR) is 72.6 cm³/mol. The smallest absolute Gasteiger partial charge is 0.184 e. The summed E-state index contributed by atoms with van der Waals surface area (Å²) in [6.07, 6.45) is 0. The Morgan fingerprint density at radius 3 is 2.82 bits per heavy atom. The number of para-hydroxylation sites is 1. The Morgan fingerprint density at radius 2 is 1.94 bits per heavy atom. The lowest BCUT2D eigenvalue weighted by Crippen LogP contribution is -2.31. The summed E-state index contributed by atoms with van der Waals surface area (Å²) in [6, 6.07) is 16.5. The van der Waals surface area contributed by atoms with Crippen LogP contribution in [0.15, 0.2) is 54.0 Å². The van der Waals surface area contributed by atoms with Gasteiger partial charge in [-0.2, -0.15) is 4.57 Å². The summed E-state index contributed by atoms with van der Waals surface area (Å²) in [5, 5.41) is 0.794. The van der Waals surface area contributed by atoms with Crippen LogP contribution in [-0.4, -0.2) is 0 Å². The van der Waals surface area contributed by atoms with E-state index in [1.807, 2.05) is 18.2 Å². The van der Waals surface area contributed by atoms with E-state index in [2.05, 4.69) is 40.4 Å². The molecule has 0 saturated carbocycles. The highest BCUT2D eigenvalue weighted by Crippen LogP contribution is 2.16. The number of halogens is 1. The molecule has 1 nitrogen and oxygen atoms in total. The minimum absolute atomic E-state index is 0.794. The fraction of sp³-hybridized carbons (Fsp3) is 0.0714. The second kappa shape index (κ2) is 4.47. The fourth-order valence-corrected chi connectivity index (χ4v) is 3.03. The van der Waals surface area contributed by atoms with Crippen LogP contribution in [0.1, 0.15) is 5.56 Å². The van der Waals surface area contributed by atoms with Gasteiger partial charge in [-0.1, -0.05) is 47.2 Å². The number of fused-ring (bicyclic) bond motifs is 1. The molecule has 0 atom stereocenters. The molecular formula is C14H11ClNS+. The van der Waals surface area contributed by atoms with Gasteiger partial charge in [-0.15, -0.1) is 0 Å². The molecule has 0 N–H and O–H groups in total. The van der Waals surface area contributed by atoms with Crippen molar-refractivity contribution >= 4 is 33.2 Å². The lowest BCUT2D eigenvalue weighted by molar-refractivity contribution is -0.658. The first kappa shape index (κ1) is 10.8. The van der Waals surface area contributed by atoms with Crippen LogP contribution >= 0.6 is 22.9 Å². The van der Waals surface area contributed by atoms with E-state index in [9.17, 15) is 0 Å². The molecule has 3 aromatic rings. The fourth-order valence-electron chi connectivity index (χ4n) is 1.93. The molecule has 1 heterocycles. The lowest BCUT2D eigenvalue weighted by Gasteiger charge is -1.97. The minimum atomic E-state index is 0.794. The summed E-state index contributed by atoms with van der Waals surface area (Å²) in [5.74, 6) is 0. The molecule has 0 aliphatic rings. The molecule has 0 unspecified atom stereocenters. The number of thiazole rings is 1. The lowest BCUT2D eigenvalue weighted by atomic mass is 10.2. The molecule has 0 amide bonds. The molecule has 0 spiro atoms. The van der Waals surface area contributed by atoms with Crippen LogP contribution < -0.4 is 4.57 Å². The van der Waals surface area contributed by atoms with E-state index in [1.54, 1.807) is 11.3 Å². The van der Waals surface area contributed by atoms with E-state index in [0.717, 1.165) is 11.6 Å². The molecule has 0 bridgehead atoms. The van der Waals surface area contributed by atoms with Gasteiger partial charge in [0.15, 0.2) is 6.54 Å². The molecule has 0 saturated heterocycles. The van der Waals surface area contributed by atoms with Crippen molar-refractivity contribution in [3.8, 4) is 0 Å². The first-order valence-corrected chi connectivity index (χ1v) is 6.69. The SMILES string of the molecule is Clc1cccc(C[n+]2csc3ccccc32)c1. The largest absolute Gasteiger partial charge is 0.226 e. The van der Waals surface area contributed by atoms with Gasteiger partial charge in [0.1, 0.15) is 4.70 Å². The highest BCUT2D eigenvalue weighted by Gasteiger charge is 2.11. The van der Waals surface area contributed by atoms with E-state index in [-0.39, 0.29) is 0 Å². The summed E-state index contributed by atoms with van der Waals surface area (Å²) in [4.78, 5) is 0. The highest BCUT2D eigenvalue weighted by molar-refractivity contribution is 7.16. The zero-order chi connectivity index (χ0) is 11.7. The van der Waals surface area contributed by atoms with Crippen molar-refractivity contribution in [2.45, 2.75) is 6.54 Å². The molecule has 84 valence electrons. The van der Waals surface area contributed by atoms with E-state index in [0.29, 0.717) is 0 Å². The second-order valence-corrected chi connectivity index (χ2v) is 5.27. The van der Waals surface area contributed by atoms with Crippen LogP contribution in [0.2, 0.25) is 5.02 Å². The Balaban J connectivity index is 2.00. The molecule has 17 heavy (non-hydrogen) atoms. The van der Waals surface area contributed by atoms with Crippen LogP contribution in [0, 0.1) is 0 Å². The number of aromatic nitrogens is 1. The first-order chi connectivity index (χ1) is 8.33. The maximum Gasteiger partial charge on any atom is 0.226 e. The molecule has 1 aromatic heterocycles. The summed E-state index contributed by atoms with van der Waals surface area (Å²) >= 11 is 7.76. The summed E-state index contributed by atoms with van der Waals surface area (Å²) in [7, 11) is 0. The molecular weight excluding hydrogens is 250 g/mol. The van der Waals surface area contributed by atoms with E-state index in [4.69, 9.17) is 11.6 Å². The molecule has 0 fully saturated rings. The van der Waals surface area contributed by atoms with Gasteiger partial charge < -0.3 is 0 Å². The summed E-state index contributed by atoms with van der Waals surface area (Å²) in [5.41, 5.74) is 4.66. The third-order valence-electron chi connectivity index (χ3n) is 2.72. The Labute approximate surface area is 109 Å². The Kier molecular flexibility index (Phi) is 2.83. The van der Waals surface area contributed by atoms with Gasteiger partial charge in [0.25, 0.3) is 0 Å². The molecule has 0 aliphatic carbocycles. The van der Waals surface area contributed by atoms with Crippen molar-refractivity contribution < 1.29 is 4.57 Å². The van der Waals surface area contributed by atoms with Crippen LogP contribution in [0.25, 0.3) is 10.2 Å². The highest BCUT2D eigenvalue weighted by atomic mass is 35.5. The van der Waals surface area contributed by atoms with Crippen molar-refractivity contribution in [2.24, 2.45) is 0 Å². The monoisotopic (exact) mass is 260 g/mol. The number of hydrogen-bond acceptors (Lipinski definition) is 1. The van der Waals surface area contributed by atoms with Gasteiger partial charge in [0.05, 0.1) is 0 Å². The molecule has 3 rings (SSSR count). The normalized spacial score (nSPS) is 10.9. The average molecular weight is 261 g/mol. The van der Waals surface area contributed by atoms with Crippen molar-refractivity contribution in [1.82, 2.24) is 0 Å². The van der Waals surface area contributed by atoms with Crippen LogP contribution in [-0.2, 0) is 6.54 Å². The first-order valence-electron chi connectivity index (χ1n) is 5.43. The molecule has 0 radical (unpaired) electrons. The van der Waals surface area contributed by atoms with Crippen LogP contribution in [0.4, 0.5) is 0 Å². The number of benzene rings is 2. The third kappa shape index (κ3) is 2.19. The average Bonchev–Trinajstić information content (AvgIpc) is 2.73. The third-order valence-corrected chi connectivity index (χ3v) is 3.92. The zero-order valence-corrected chi connectivity index (χ0v) is 10.7. The van der Waals surface area contributed by atoms with Crippen molar-refractivity contribution in [3.63, 3.8) is 0 Å². The van der Waals surface area contributed by atoms with E-state index >= 15 is 0 Å². The number of rotatable bonds is 2. The van der Waals surface area contributed by atoms with Crippen molar-refractivity contribution in [2.75, 3.05) is 0 Å². The van der Waals surface area contributed by atoms with Crippen molar-refractivity contribution in [3.05, 3.63) is 64.6 Å². The van der Waals surface area contributed by atoms with Crippen LogP contribution in [0.5, 0.6) is 0 Å². The van der Waals surface area contributed by atoms with Gasteiger partial charge in [-0.05, 0) is 18.2 Å². The second-order valence-electron chi connectivity index (χ2n) is 3.95. The zero-order valence-electron chi connectivity index (χ0n) is 9.14. The van der Waals surface area contributed by atoms with Gasteiger partial charge in [0, 0.05) is 16.7 Å². The molecule has 3 heteroatoms. The van der Waals surface area contributed by atoms with E-state index in [1.165, 1.54) is 15.8 Å². The summed E-state index contributed by atoms with van der Waals surface area (Å²) in [6.45, 7) is 0.866. The van der Waals surface area contributed by atoms with Crippen molar-refractivity contribution in [1.29, 1.82) is 0 Å². The quantitative estimate of drug-likeness (QED) is 0.616. The topological polar surface area (TPSA) is 3.88 Å². The number of hydrogen-bond donors (Lipinski definition) is 0. The van der Waals surface area contributed by atoms with Gasteiger partial charge in [0.2, 0.25) is 11.0 Å². The van der Waals surface area contributed by atoms with Gasteiger partial charge >= 0.3 is 0 Å². The minimum Gasteiger partial charge on any atom is -0.184 e. The van der Waals surface area contributed by atoms with Gasteiger partial charge in [-0.25, -0.2) is 0 Å².